The van der Waals surface area contributed by atoms with Crippen LogP contribution in [0.15, 0.2) is 37.2 Å². The Labute approximate surface area is 186 Å². The number of pyridine rings is 1. The normalized spacial score (nSPS) is 15.4. The van der Waals surface area contributed by atoms with Gasteiger partial charge in [-0.1, -0.05) is 18.2 Å². The molecule has 8 nitrogen and oxygen atoms in total. The second-order valence-electron chi connectivity index (χ2n) is 6.91. The summed E-state index contributed by atoms with van der Waals surface area (Å²) in [5.74, 6) is -2.00. The summed E-state index contributed by atoms with van der Waals surface area (Å²) in [6.45, 7) is 4.18. The van der Waals surface area contributed by atoms with Crippen molar-refractivity contribution >= 4 is 40.0 Å². The molecule has 162 valence electrons. The van der Waals surface area contributed by atoms with Crippen molar-refractivity contribution in [1.29, 1.82) is 5.26 Å². The average molecular weight is 457 g/mol. The number of hydrogen-bond acceptors (Lipinski definition) is 7. The highest BCUT2D eigenvalue weighted by Gasteiger charge is 2.28. The molecular weight excluding hydrogens is 442 g/mol. The average Bonchev–Trinajstić information content (AvgIpc) is 3.26. The number of nitrogens with one attached hydrogen (secondary N) is 1. The number of halogens is 3. The largest absolute Gasteiger partial charge is 0.470 e. The minimum Gasteiger partial charge on any atom is -0.470 e. The molecule has 11 heteroatoms. The number of nitriles is 1. The van der Waals surface area contributed by atoms with Crippen LogP contribution in [0.5, 0.6) is 5.88 Å². The predicted octanol–water partition coefficient (Wildman–Crippen LogP) is 3.74. The Bertz CT molecular complexity index is 1280. The number of fused-ring (bicyclic) bond motifs is 1. The van der Waals surface area contributed by atoms with E-state index in [9.17, 15) is 13.6 Å². The third kappa shape index (κ3) is 4.02. The van der Waals surface area contributed by atoms with Gasteiger partial charge in [-0.05, 0) is 18.2 Å². The number of ether oxygens (including phenoxy) is 1. The van der Waals surface area contributed by atoms with E-state index in [1.807, 2.05) is 0 Å². The first-order valence-corrected chi connectivity index (χ1v) is 9.83. The van der Waals surface area contributed by atoms with Crippen molar-refractivity contribution in [2.45, 2.75) is 12.5 Å². The Balaban J connectivity index is 1.65. The molecule has 0 spiro atoms. The Morgan fingerprint density at radius 1 is 1.41 bits per heavy atom. The van der Waals surface area contributed by atoms with Gasteiger partial charge in [-0.25, -0.2) is 23.7 Å². The van der Waals surface area contributed by atoms with E-state index in [1.54, 1.807) is 11.0 Å². The molecule has 0 aliphatic carbocycles. The zero-order valence-corrected chi connectivity index (χ0v) is 17.2. The van der Waals surface area contributed by atoms with Crippen molar-refractivity contribution in [3.8, 4) is 11.9 Å². The summed E-state index contributed by atoms with van der Waals surface area (Å²) in [4.78, 5) is 25.5. The molecule has 4 rings (SSSR count). The highest BCUT2D eigenvalue weighted by molar-refractivity contribution is 6.32. The molecule has 1 aliphatic rings. The molecule has 3 heterocycles. The number of carbonyl (C=O) groups is 1. The maximum Gasteiger partial charge on any atom is 0.251 e. The van der Waals surface area contributed by atoms with Gasteiger partial charge in [-0.15, -0.1) is 0 Å². The van der Waals surface area contributed by atoms with E-state index in [-0.39, 0.29) is 51.5 Å². The molecule has 32 heavy (non-hydrogen) atoms. The smallest absolute Gasteiger partial charge is 0.251 e. The first kappa shape index (κ1) is 21.4. The van der Waals surface area contributed by atoms with Gasteiger partial charge in [0, 0.05) is 19.0 Å². The second-order valence-corrected chi connectivity index (χ2v) is 7.29. The molecule has 1 saturated heterocycles. The minimum absolute atomic E-state index is 0.0151. The molecule has 1 aliphatic heterocycles. The van der Waals surface area contributed by atoms with Gasteiger partial charge in [0.1, 0.15) is 24.0 Å². The summed E-state index contributed by atoms with van der Waals surface area (Å²) in [5.41, 5.74) is 0.249. The first-order chi connectivity index (χ1) is 15.4. The summed E-state index contributed by atoms with van der Waals surface area (Å²) in [6.07, 6.45) is 2.44. The fourth-order valence-electron chi connectivity index (χ4n) is 3.29. The number of likely N-dealkylation sites (tertiary alicyclic amines) is 1. The van der Waals surface area contributed by atoms with E-state index < -0.39 is 17.7 Å². The highest BCUT2D eigenvalue weighted by Crippen LogP contribution is 2.31. The lowest BCUT2D eigenvalue weighted by Crippen LogP contribution is -2.29. The van der Waals surface area contributed by atoms with Gasteiger partial charge in [-0.3, -0.25) is 4.79 Å². The summed E-state index contributed by atoms with van der Waals surface area (Å²) in [7, 11) is 0. The minimum atomic E-state index is -0.839. The molecule has 0 saturated carbocycles. The molecule has 0 unspecified atom stereocenters. The fraction of sp³-hybridized carbons (Fsp3) is 0.190. The first-order valence-electron chi connectivity index (χ1n) is 9.45. The van der Waals surface area contributed by atoms with Crippen LogP contribution in [0.25, 0.3) is 11.0 Å². The van der Waals surface area contributed by atoms with Gasteiger partial charge in [0.2, 0.25) is 5.91 Å². The Hall–Kier alpha value is -3.84. The maximum atomic E-state index is 14.6. The zero-order chi connectivity index (χ0) is 22.8. The van der Waals surface area contributed by atoms with Crippen molar-refractivity contribution in [2.75, 3.05) is 18.4 Å². The van der Waals surface area contributed by atoms with E-state index in [0.717, 1.165) is 6.07 Å². The van der Waals surface area contributed by atoms with Gasteiger partial charge in [0.15, 0.2) is 17.5 Å². The monoisotopic (exact) mass is 456 g/mol. The van der Waals surface area contributed by atoms with Gasteiger partial charge < -0.3 is 15.0 Å². The Morgan fingerprint density at radius 3 is 2.97 bits per heavy atom. The van der Waals surface area contributed by atoms with Crippen LogP contribution >= 0.6 is 11.6 Å². The topological polar surface area (TPSA) is 104 Å². The van der Waals surface area contributed by atoms with E-state index in [2.05, 4.69) is 26.8 Å². The number of hydrogen-bond donors (Lipinski definition) is 1. The van der Waals surface area contributed by atoms with Crippen LogP contribution in [0.3, 0.4) is 0 Å². The van der Waals surface area contributed by atoms with Crippen LogP contribution in [0, 0.1) is 23.0 Å². The Morgan fingerprint density at radius 2 is 2.22 bits per heavy atom. The molecule has 1 aromatic carbocycles. The number of carbonyl (C=O) groups excluding carboxylic acids is 1. The molecule has 3 aromatic rings. The lowest BCUT2D eigenvalue weighted by molar-refractivity contribution is -0.125. The van der Waals surface area contributed by atoms with Crippen molar-refractivity contribution in [3.63, 3.8) is 0 Å². The van der Waals surface area contributed by atoms with Gasteiger partial charge in [0.25, 0.3) is 5.88 Å². The van der Waals surface area contributed by atoms with Crippen LogP contribution < -0.4 is 10.1 Å². The maximum absolute atomic E-state index is 14.6. The molecule has 1 N–H and O–H groups in total. The van der Waals surface area contributed by atoms with E-state index in [4.69, 9.17) is 21.6 Å². The molecular formula is C21H15ClF2N6O2. The fourth-order valence-corrected chi connectivity index (χ4v) is 3.50. The number of benzene rings is 1. The Kier molecular flexibility index (Phi) is 5.83. The summed E-state index contributed by atoms with van der Waals surface area (Å²) in [6, 6.07) is 5.61. The summed E-state index contributed by atoms with van der Waals surface area (Å²) >= 11 is 5.88. The van der Waals surface area contributed by atoms with Crippen molar-refractivity contribution in [3.05, 3.63) is 59.4 Å². The molecule has 2 aromatic heterocycles. The number of rotatable bonds is 5. The van der Waals surface area contributed by atoms with Gasteiger partial charge in [0.05, 0.1) is 28.3 Å². The molecule has 1 fully saturated rings. The lowest BCUT2D eigenvalue weighted by Gasteiger charge is -2.16. The van der Waals surface area contributed by atoms with Crippen LogP contribution in [-0.4, -0.2) is 45.0 Å². The van der Waals surface area contributed by atoms with Crippen LogP contribution in [-0.2, 0) is 4.79 Å². The van der Waals surface area contributed by atoms with Crippen molar-refractivity contribution in [1.82, 2.24) is 19.9 Å². The van der Waals surface area contributed by atoms with E-state index in [1.165, 1.54) is 24.5 Å². The third-order valence-corrected chi connectivity index (χ3v) is 5.27. The lowest BCUT2D eigenvalue weighted by atomic mass is 10.2. The van der Waals surface area contributed by atoms with Crippen LogP contribution in [0.2, 0.25) is 5.02 Å². The van der Waals surface area contributed by atoms with Gasteiger partial charge >= 0.3 is 0 Å². The van der Waals surface area contributed by atoms with E-state index >= 15 is 0 Å². The number of aromatic nitrogens is 3. The third-order valence-electron chi connectivity index (χ3n) is 4.90. The van der Waals surface area contributed by atoms with Crippen LogP contribution in [0.1, 0.15) is 12.0 Å². The number of nitrogens with zero attached hydrogens (tertiary/aromatic N) is 5. The molecule has 1 atom stereocenters. The number of anilines is 2. The molecule has 0 bridgehead atoms. The molecule has 0 radical (unpaired) electrons. The number of amides is 1. The zero-order valence-electron chi connectivity index (χ0n) is 16.5. The van der Waals surface area contributed by atoms with Gasteiger partial charge in [-0.2, -0.15) is 5.26 Å². The van der Waals surface area contributed by atoms with Crippen LogP contribution in [0.4, 0.5) is 20.3 Å². The SMILES string of the molecule is C=CC(=O)N1CC[C@H](Oc2nc3c(Nc4ccc(C#N)c(Cl)c4F)ncnc3cc2F)C1. The summed E-state index contributed by atoms with van der Waals surface area (Å²) in [5, 5.41) is 11.4. The second kappa shape index (κ2) is 8.72. The van der Waals surface area contributed by atoms with Crippen molar-refractivity contribution < 1.29 is 18.3 Å². The van der Waals surface area contributed by atoms with Crippen molar-refractivity contribution in [2.24, 2.45) is 0 Å². The standard InChI is InChI=1S/C21H15ClF2N6O2/c1-2-16(31)30-6-5-12(9-30)32-21-13(23)7-15-19(29-21)20(27-10-26-15)28-14-4-3-11(8-25)17(22)18(14)24/h2-4,7,10,12H,1,5-6,9H2,(H,26,27,28)/t12-/m0/s1. The van der Waals surface area contributed by atoms with E-state index in [0.29, 0.717) is 13.0 Å². The predicted molar refractivity (Wildman–Crippen MR) is 113 cm³/mol. The molecule has 1 amide bonds. The summed E-state index contributed by atoms with van der Waals surface area (Å²) < 4.78 is 34.8. The quantitative estimate of drug-likeness (QED) is 0.583. The highest BCUT2D eigenvalue weighted by atomic mass is 35.5.